The van der Waals surface area contributed by atoms with E-state index in [1.54, 1.807) is 0 Å². The van der Waals surface area contributed by atoms with Crippen LogP contribution in [-0.4, -0.2) is 38.7 Å². The molecule has 0 spiro atoms. The highest BCUT2D eigenvalue weighted by molar-refractivity contribution is 8.03. The topological polar surface area (TPSA) is 3.24 Å². The molecule has 0 saturated carbocycles. The number of quaternary nitrogens is 1. The number of para-hydroxylation sites is 1. The number of benzene rings is 1. The van der Waals surface area contributed by atoms with Gasteiger partial charge in [-0.25, -0.2) is 0 Å². The Labute approximate surface area is 139 Å². The molecule has 1 atom stereocenters. The first kappa shape index (κ1) is 16.9. The van der Waals surface area contributed by atoms with E-state index in [4.69, 9.17) is 0 Å². The second-order valence-electron chi connectivity index (χ2n) is 6.43. The number of likely N-dealkylation sites (N-methyl/N-ethyl adjacent to an activating group) is 1. The summed E-state index contributed by atoms with van der Waals surface area (Å²) in [5.41, 5.74) is 2.55. The van der Waals surface area contributed by atoms with Gasteiger partial charge in [0.1, 0.15) is 6.04 Å². The summed E-state index contributed by atoms with van der Waals surface area (Å²) in [4.78, 5) is 3.57. The van der Waals surface area contributed by atoms with Crippen molar-refractivity contribution in [2.45, 2.75) is 17.4 Å². The summed E-state index contributed by atoms with van der Waals surface area (Å²) in [7, 11) is 8.77. The largest absolute Gasteiger partial charge is 0.338 e. The Morgan fingerprint density at radius 1 is 1.32 bits per heavy atom. The van der Waals surface area contributed by atoms with Crippen molar-refractivity contribution >= 4 is 17.4 Å². The normalized spacial score (nSPS) is 18.5. The van der Waals surface area contributed by atoms with Crippen molar-refractivity contribution in [3.05, 3.63) is 66.6 Å². The van der Waals surface area contributed by atoms with Gasteiger partial charge in [0.25, 0.3) is 0 Å². The number of anilines is 1. The zero-order valence-electron chi connectivity index (χ0n) is 14.0. The Hall–Kier alpha value is -1.45. The van der Waals surface area contributed by atoms with Crippen LogP contribution in [-0.2, 0) is 0 Å². The van der Waals surface area contributed by atoms with Crippen LogP contribution in [0.1, 0.15) is 6.42 Å². The fourth-order valence-electron chi connectivity index (χ4n) is 2.78. The van der Waals surface area contributed by atoms with E-state index >= 15 is 0 Å². The van der Waals surface area contributed by atoms with Crippen LogP contribution < -0.4 is 4.90 Å². The van der Waals surface area contributed by atoms with E-state index in [1.165, 1.54) is 21.2 Å². The summed E-state index contributed by atoms with van der Waals surface area (Å²) >= 11 is 1.82. The second kappa shape index (κ2) is 6.76. The quantitative estimate of drug-likeness (QED) is 0.582. The van der Waals surface area contributed by atoms with Crippen LogP contribution in [0.5, 0.6) is 0 Å². The number of nitrogens with zero attached hydrogens (tertiary/aromatic N) is 2. The predicted molar refractivity (Wildman–Crippen MR) is 98.9 cm³/mol. The lowest BCUT2D eigenvalue weighted by Crippen LogP contribution is -2.45. The monoisotopic (exact) mass is 314 g/mol. The van der Waals surface area contributed by atoms with Gasteiger partial charge in [-0.3, -0.25) is 0 Å². The third kappa shape index (κ3) is 3.47. The Kier molecular flexibility index (Phi) is 5.20. The molecule has 0 aliphatic carbocycles. The molecular formula is C19H26N2S+. The van der Waals surface area contributed by atoms with Crippen LogP contribution in [0.15, 0.2) is 64.6 Å². The second-order valence-corrected chi connectivity index (χ2v) is 7.50. The highest BCUT2D eigenvalue weighted by Crippen LogP contribution is 2.45. The number of fused-ring (bicyclic) bond motifs is 1. The number of thioether (sulfide) groups is 1. The van der Waals surface area contributed by atoms with Crippen molar-refractivity contribution in [3.63, 3.8) is 0 Å². The minimum Gasteiger partial charge on any atom is -0.338 e. The van der Waals surface area contributed by atoms with Crippen molar-refractivity contribution < 1.29 is 4.48 Å². The molecular weight excluding hydrogens is 288 g/mol. The Balaban J connectivity index is 2.37. The van der Waals surface area contributed by atoms with Gasteiger partial charge in [0.05, 0.1) is 31.9 Å². The molecule has 0 N–H and O–H groups in total. The SMILES string of the molecule is [CH2]CC(C(=CC=C)C=C1Sc2ccccc2N1C)[N+](C)(C)C. The standard InChI is InChI=1S/C19H26N2S/c1-7-11-15(17(8-2)21(4,5)6)14-19-20(3)16-12-9-10-13-18(16)22-19/h7,9-14,17H,1-2,8H2,3-6H3/q+1. The van der Waals surface area contributed by atoms with Gasteiger partial charge in [0.15, 0.2) is 0 Å². The van der Waals surface area contributed by atoms with Gasteiger partial charge in [0, 0.05) is 23.9 Å². The van der Waals surface area contributed by atoms with E-state index < -0.39 is 0 Å². The first-order valence-electron chi connectivity index (χ1n) is 7.53. The minimum absolute atomic E-state index is 0.350. The molecule has 0 bridgehead atoms. The van der Waals surface area contributed by atoms with Gasteiger partial charge in [-0.15, -0.1) is 0 Å². The fourth-order valence-corrected chi connectivity index (χ4v) is 3.89. The summed E-state index contributed by atoms with van der Waals surface area (Å²) in [5.74, 6) is 0. The maximum atomic E-state index is 4.15. The maximum Gasteiger partial charge on any atom is 0.114 e. The van der Waals surface area contributed by atoms with E-state index in [0.29, 0.717) is 6.04 Å². The maximum absolute atomic E-state index is 4.15. The van der Waals surface area contributed by atoms with Crippen LogP contribution in [0.3, 0.4) is 0 Å². The van der Waals surface area contributed by atoms with Crippen LogP contribution in [0, 0.1) is 6.92 Å². The summed E-state index contributed by atoms with van der Waals surface area (Å²) in [6.45, 7) is 8.03. The Morgan fingerprint density at radius 3 is 2.55 bits per heavy atom. The number of hydrogen-bond donors (Lipinski definition) is 0. The lowest BCUT2D eigenvalue weighted by Gasteiger charge is -2.34. The third-order valence-electron chi connectivity index (χ3n) is 3.97. The summed E-state index contributed by atoms with van der Waals surface area (Å²) in [6.07, 6.45) is 7.13. The molecule has 1 aromatic rings. The van der Waals surface area contributed by atoms with Crippen LogP contribution in [0.4, 0.5) is 5.69 Å². The van der Waals surface area contributed by atoms with Crippen LogP contribution in [0.25, 0.3) is 0 Å². The number of hydrogen-bond acceptors (Lipinski definition) is 2. The smallest absolute Gasteiger partial charge is 0.114 e. The lowest BCUT2D eigenvalue weighted by molar-refractivity contribution is -0.889. The predicted octanol–water partition coefficient (Wildman–Crippen LogP) is 4.48. The molecule has 0 saturated heterocycles. The molecule has 1 radical (unpaired) electrons. The number of allylic oxidation sites excluding steroid dienone is 2. The van der Waals surface area contributed by atoms with Crippen molar-refractivity contribution in [3.8, 4) is 0 Å². The van der Waals surface area contributed by atoms with Gasteiger partial charge >= 0.3 is 0 Å². The Bertz CT molecular complexity index is 608. The average Bonchev–Trinajstić information content (AvgIpc) is 2.75. The number of rotatable bonds is 5. The molecule has 2 rings (SSSR count). The van der Waals surface area contributed by atoms with Gasteiger partial charge in [-0.2, -0.15) is 0 Å². The molecule has 0 amide bonds. The molecule has 1 heterocycles. The van der Waals surface area contributed by atoms with Crippen molar-refractivity contribution in [2.24, 2.45) is 0 Å². The van der Waals surface area contributed by atoms with Gasteiger partial charge < -0.3 is 9.38 Å². The fraction of sp³-hybridized carbons (Fsp3) is 0.316. The summed E-state index contributed by atoms with van der Waals surface area (Å²) in [6, 6.07) is 8.87. The van der Waals surface area contributed by atoms with Crippen LogP contribution >= 0.6 is 11.8 Å². The van der Waals surface area contributed by atoms with E-state index in [2.05, 4.69) is 83.0 Å². The zero-order chi connectivity index (χ0) is 16.3. The van der Waals surface area contributed by atoms with Gasteiger partial charge in [0.2, 0.25) is 0 Å². The van der Waals surface area contributed by atoms with Crippen molar-refractivity contribution in [1.29, 1.82) is 0 Å². The molecule has 0 fully saturated rings. The van der Waals surface area contributed by atoms with E-state index in [1.807, 2.05) is 17.8 Å². The third-order valence-corrected chi connectivity index (χ3v) is 5.13. The highest BCUT2D eigenvalue weighted by atomic mass is 32.2. The minimum atomic E-state index is 0.350. The molecule has 117 valence electrons. The highest BCUT2D eigenvalue weighted by Gasteiger charge is 2.27. The molecule has 1 aliphatic heterocycles. The van der Waals surface area contributed by atoms with E-state index in [9.17, 15) is 0 Å². The van der Waals surface area contributed by atoms with Gasteiger partial charge in [-0.05, 0) is 25.1 Å². The molecule has 2 nitrogen and oxygen atoms in total. The van der Waals surface area contributed by atoms with Crippen LogP contribution in [0.2, 0.25) is 0 Å². The molecule has 22 heavy (non-hydrogen) atoms. The van der Waals surface area contributed by atoms with E-state index in [0.717, 1.165) is 10.9 Å². The average molecular weight is 314 g/mol. The molecule has 0 aromatic heterocycles. The van der Waals surface area contributed by atoms with E-state index in [-0.39, 0.29) is 0 Å². The molecule has 3 heteroatoms. The molecule has 1 aliphatic rings. The first-order chi connectivity index (χ1) is 10.4. The first-order valence-corrected chi connectivity index (χ1v) is 8.35. The molecule has 1 unspecified atom stereocenters. The zero-order valence-corrected chi connectivity index (χ0v) is 14.9. The Morgan fingerprint density at radius 2 is 2.00 bits per heavy atom. The molecule has 1 aromatic carbocycles. The van der Waals surface area contributed by atoms with Crippen molar-refractivity contribution in [2.75, 3.05) is 33.1 Å². The summed E-state index contributed by atoms with van der Waals surface area (Å²) in [5, 5.41) is 1.25. The lowest BCUT2D eigenvalue weighted by atomic mass is 10.0. The summed E-state index contributed by atoms with van der Waals surface area (Å²) < 4.78 is 0.855. The van der Waals surface area contributed by atoms with Crippen molar-refractivity contribution in [1.82, 2.24) is 0 Å². The van der Waals surface area contributed by atoms with Gasteiger partial charge in [-0.1, -0.05) is 42.6 Å².